The molecule has 0 unspecified atom stereocenters. The zero-order valence-corrected chi connectivity index (χ0v) is 8.56. The lowest BCUT2D eigenvalue weighted by atomic mass is 10.2. The van der Waals surface area contributed by atoms with E-state index in [0.29, 0.717) is 0 Å². The van der Waals surface area contributed by atoms with Gasteiger partial charge in [0.1, 0.15) is 5.75 Å². The van der Waals surface area contributed by atoms with Crippen LogP contribution in [0.3, 0.4) is 0 Å². The van der Waals surface area contributed by atoms with Gasteiger partial charge in [0.2, 0.25) is 5.76 Å². The van der Waals surface area contributed by atoms with Crippen molar-refractivity contribution in [2.45, 2.75) is 0 Å². The Kier molecular flexibility index (Phi) is 3.74. The largest absolute Gasteiger partial charge is 0.497 e. The summed E-state index contributed by atoms with van der Waals surface area (Å²) in [5, 5.41) is 8.72. The molecule has 0 aliphatic heterocycles. The molecule has 0 saturated heterocycles. The average Bonchev–Trinajstić information content (AvgIpc) is 2.26. The number of rotatable bonds is 4. The van der Waals surface area contributed by atoms with Crippen LogP contribution in [0.5, 0.6) is 5.75 Å². The van der Waals surface area contributed by atoms with Crippen LogP contribution in [-0.2, 0) is 9.53 Å². The molecule has 1 N–H and O–H groups in total. The first-order chi connectivity index (χ1) is 7.17. The van der Waals surface area contributed by atoms with E-state index in [1.807, 2.05) is 0 Å². The van der Waals surface area contributed by atoms with Crippen molar-refractivity contribution in [2.75, 3.05) is 14.2 Å². The molecule has 1 aromatic carbocycles. The topological polar surface area (TPSA) is 55.8 Å². The molecule has 0 radical (unpaired) electrons. The Hall–Kier alpha value is -1.97. The number of carboxylic acids is 1. The molecule has 0 aromatic heterocycles. The van der Waals surface area contributed by atoms with E-state index in [0.717, 1.165) is 11.3 Å². The second-order valence-corrected chi connectivity index (χ2v) is 2.79. The zero-order chi connectivity index (χ0) is 11.3. The molecule has 0 fully saturated rings. The highest BCUT2D eigenvalue weighted by atomic mass is 16.5. The second-order valence-electron chi connectivity index (χ2n) is 2.79. The molecule has 0 atom stereocenters. The van der Waals surface area contributed by atoms with Gasteiger partial charge in [-0.25, -0.2) is 4.79 Å². The Labute approximate surface area is 87.7 Å². The number of carboxylic acid groups (broad SMARTS) is 1. The lowest BCUT2D eigenvalue weighted by molar-refractivity contribution is -0.135. The molecule has 0 heterocycles. The molecule has 0 amide bonds. The van der Waals surface area contributed by atoms with Crippen LogP contribution in [0.25, 0.3) is 6.08 Å². The minimum absolute atomic E-state index is 0.0971. The summed E-state index contributed by atoms with van der Waals surface area (Å²) in [5.41, 5.74) is 0.745. The number of hydrogen-bond acceptors (Lipinski definition) is 3. The van der Waals surface area contributed by atoms with Gasteiger partial charge in [0.15, 0.2) is 0 Å². The fraction of sp³-hybridized carbons (Fsp3) is 0.182. The first-order valence-corrected chi connectivity index (χ1v) is 4.30. The third kappa shape index (κ3) is 3.02. The Balaban J connectivity index is 2.92. The van der Waals surface area contributed by atoms with Crippen molar-refractivity contribution in [2.24, 2.45) is 0 Å². The summed E-state index contributed by atoms with van der Waals surface area (Å²) >= 11 is 0. The highest BCUT2D eigenvalue weighted by molar-refractivity contribution is 5.89. The van der Waals surface area contributed by atoms with Crippen molar-refractivity contribution >= 4 is 12.0 Å². The van der Waals surface area contributed by atoms with E-state index in [2.05, 4.69) is 0 Å². The predicted molar refractivity (Wildman–Crippen MR) is 55.6 cm³/mol. The summed E-state index contributed by atoms with van der Waals surface area (Å²) < 4.78 is 9.68. The van der Waals surface area contributed by atoms with Crippen molar-refractivity contribution in [3.8, 4) is 5.75 Å². The molecule has 15 heavy (non-hydrogen) atoms. The molecule has 4 heteroatoms. The van der Waals surface area contributed by atoms with E-state index < -0.39 is 5.97 Å². The first-order valence-electron chi connectivity index (χ1n) is 4.30. The normalized spacial score (nSPS) is 10.9. The monoisotopic (exact) mass is 208 g/mol. The molecular formula is C11H12O4. The van der Waals surface area contributed by atoms with Gasteiger partial charge in [-0.15, -0.1) is 0 Å². The molecule has 80 valence electrons. The standard InChI is InChI=1S/C11H12O4/c1-14-9-5-3-8(4-6-9)7-10(15-2)11(12)13/h3-7H,1-2H3,(H,12,13). The van der Waals surface area contributed by atoms with E-state index in [1.54, 1.807) is 31.4 Å². The Morgan fingerprint density at radius 2 is 1.87 bits per heavy atom. The fourth-order valence-corrected chi connectivity index (χ4v) is 1.06. The Morgan fingerprint density at radius 3 is 2.27 bits per heavy atom. The number of benzene rings is 1. The molecule has 0 saturated carbocycles. The van der Waals surface area contributed by atoms with Gasteiger partial charge >= 0.3 is 5.97 Å². The van der Waals surface area contributed by atoms with Gasteiger partial charge < -0.3 is 14.6 Å². The van der Waals surface area contributed by atoms with E-state index in [-0.39, 0.29) is 5.76 Å². The number of hydrogen-bond donors (Lipinski definition) is 1. The van der Waals surface area contributed by atoms with Gasteiger partial charge in [0.25, 0.3) is 0 Å². The van der Waals surface area contributed by atoms with Crippen molar-refractivity contribution in [1.29, 1.82) is 0 Å². The summed E-state index contributed by atoms with van der Waals surface area (Å²) in [6, 6.07) is 7.00. The second kappa shape index (κ2) is 5.05. The molecule has 0 spiro atoms. The van der Waals surface area contributed by atoms with Gasteiger partial charge in [0.05, 0.1) is 14.2 Å². The van der Waals surface area contributed by atoms with E-state index in [1.165, 1.54) is 13.2 Å². The van der Waals surface area contributed by atoms with Gasteiger partial charge in [0, 0.05) is 0 Å². The number of ether oxygens (including phenoxy) is 2. The minimum atomic E-state index is -1.09. The quantitative estimate of drug-likeness (QED) is 0.605. The lowest BCUT2D eigenvalue weighted by Gasteiger charge is -2.01. The fourth-order valence-electron chi connectivity index (χ4n) is 1.06. The maximum Gasteiger partial charge on any atom is 0.371 e. The van der Waals surface area contributed by atoms with Crippen LogP contribution in [0.4, 0.5) is 0 Å². The van der Waals surface area contributed by atoms with Crippen LogP contribution >= 0.6 is 0 Å². The zero-order valence-electron chi connectivity index (χ0n) is 8.56. The van der Waals surface area contributed by atoms with Crippen LogP contribution in [-0.4, -0.2) is 25.3 Å². The molecule has 1 rings (SSSR count). The van der Waals surface area contributed by atoms with Crippen molar-refractivity contribution < 1.29 is 19.4 Å². The molecule has 0 bridgehead atoms. The van der Waals surface area contributed by atoms with Crippen LogP contribution in [0.15, 0.2) is 30.0 Å². The maximum absolute atomic E-state index is 10.6. The molecule has 1 aromatic rings. The summed E-state index contributed by atoms with van der Waals surface area (Å²) in [7, 11) is 2.89. The summed E-state index contributed by atoms with van der Waals surface area (Å²) in [5.74, 6) is -0.463. The third-order valence-electron chi connectivity index (χ3n) is 1.84. The molecule has 0 aliphatic carbocycles. The summed E-state index contributed by atoms with van der Waals surface area (Å²) in [6.45, 7) is 0. The summed E-state index contributed by atoms with van der Waals surface area (Å²) in [4.78, 5) is 10.6. The molecule has 4 nitrogen and oxygen atoms in total. The highest BCUT2D eigenvalue weighted by Crippen LogP contribution is 2.14. The Bertz CT molecular complexity index is 365. The van der Waals surface area contributed by atoms with E-state index in [4.69, 9.17) is 14.6 Å². The van der Waals surface area contributed by atoms with Gasteiger partial charge in [-0.2, -0.15) is 0 Å². The van der Waals surface area contributed by atoms with Crippen LogP contribution in [0.1, 0.15) is 5.56 Å². The van der Waals surface area contributed by atoms with Crippen molar-refractivity contribution in [3.63, 3.8) is 0 Å². The smallest absolute Gasteiger partial charge is 0.371 e. The van der Waals surface area contributed by atoms with Crippen molar-refractivity contribution in [1.82, 2.24) is 0 Å². The van der Waals surface area contributed by atoms with Gasteiger partial charge in [-0.05, 0) is 23.8 Å². The summed E-state index contributed by atoms with van der Waals surface area (Å²) in [6.07, 6.45) is 1.45. The minimum Gasteiger partial charge on any atom is -0.497 e. The van der Waals surface area contributed by atoms with E-state index >= 15 is 0 Å². The Morgan fingerprint density at radius 1 is 1.27 bits per heavy atom. The number of methoxy groups -OCH3 is 2. The number of carbonyl (C=O) groups is 1. The van der Waals surface area contributed by atoms with Crippen molar-refractivity contribution in [3.05, 3.63) is 35.6 Å². The molecule has 0 aliphatic rings. The van der Waals surface area contributed by atoms with Gasteiger partial charge in [-0.1, -0.05) is 12.1 Å². The van der Waals surface area contributed by atoms with Crippen LogP contribution in [0.2, 0.25) is 0 Å². The predicted octanol–water partition coefficient (Wildman–Crippen LogP) is 1.77. The highest BCUT2D eigenvalue weighted by Gasteiger charge is 2.06. The van der Waals surface area contributed by atoms with Crippen LogP contribution in [0, 0.1) is 0 Å². The van der Waals surface area contributed by atoms with Gasteiger partial charge in [-0.3, -0.25) is 0 Å². The maximum atomic E-state index is 10.6. The first kappa shape index (κ1) is 11.1. The van der Waals surface area contributed by atoms with Crippen LogP contribution < -0.4 is 4.74 Å². The third-order valence-corrected chi connectivity index (χ3v) is 1.84. The number of aliphatic carboxylic acids is 1. The average molecular weight is 208 g/mol. The van der Waals surface area contributed by atoms with E-state index in [9.17, 15) is 4.79 Å². The molecular weight excluding hydrogens is 196 g/mol. The lowest BCUT2D eigenvalue weighted by Crippen LogP contribution is -2.01. The SMILES string of the molecule is COC(=Cc1ccc(OC)cc1)C(=O)O.